The summed E-state index contributed by atoms with van der Waals surface area (Å²) in [6.07, 6.45) is 1.29. The van der Waals surface area contributed by atoms with Crippen molar-refractivity contribution in [2.45, 2.75) is 33.2 Å². The first-order chi connectivity index (χ1) is 11.6. The maximum Gasteiger partial charge on any atom is 0.409 e. The van der Waals surface area contributed by atoms with Crippen LogP contribution in [0, 0.1) is 0 Å². The van der Waals surface area contributed by atoms with Crippen LogP contribution in [0.15, 0.2) is 24.3 Å². The molecule has 0 aliphatic heterocycles. The molecule has 7 heteroatoms. The zero-order valence-corrected chi connectivity index (χ0v) is 14.5. The topological polar surface area (TPSA) is 80.2 Å². The molecule has 0 aliphatic rings. The number of carbonyl (C=O) groups is 1. The largest absolute Gasteiger partial charge is 0.453 e. The third kappa shape index (κ3) is 4.41. The fourth-order valence-corrected chi connectivity index (χ4v) is 2.31. The number of nitrogens with one attached hydrogen (secondary N) is 1. The minimum atomic E-state index is -0.361. The molecule has 0 aliphatic carbocycles. The quantitative estimate of drug-likeness (QED) is 0.877. The molecule has 1 amide bonds. The van der Waals surface area contributed by atoms with Gasteiger partial charge in [0.25, 0.3) is 0 Å². The van der Waals surface area contributed by atoms with Crippen LogP contribution in [0.4, 0.5) is 16.4 Å². The van der Waals surface area contributed by atoms with Crippen LogP contribution in [0.25, 0.3) is 0 Å². The predicted octanol–water partition coefficient (Wildman–Crippen LogP) is 2.94. The molecule has 0 fully saturated rings. The zero-order valence-electron chi connectivity index (χ0n) is 14.5. The molecule has 1 aromatic heterocycles. The number of aromatic nitrogens is 3. The number of carbonyl (C=O) groups excluding carboxylic acids is 1. The number of anilines is 2. The second-order valence-electron chi connectivity index (χ2n) is 5.38. The van der Waals surface area contributed by atoms with Crippen molar-refractivity contribution in [1.29, 1.82) is 0 Å². The normalized spacial score (nSPS) is 10.3. The Balaban J connectivity index is 2.05. The van der Waals surface area contributed by atoms with Gasteiger partial charge in [-0.05, 0) is 30.5 Å². The minimum Gasteiger partial charge on any atom is -0.453 e. The number of aryl methyl sites for hydroxylation is 2. The number of ether oxygens (including phenoxy) is 1. The molecule has 24 heavy (non-hydrogen) atoms. The van der Waals surface area contributed by atoms with Gasteiger partial charge in [-0.2, -0.15) is 0 Å². The fourth-order valence-electron chi connectivity index (χ4n) is 2.31. The van der Waals surface area contributed by atoms with E-state index in [2.05, 4.69) is 32.2 Å². The molecule has 0 radical (unpaired) electrons. The summed E-state index contributed by atoms with van der Waals surface area (Å²) in [7, 11) is 3.06. The van der Waals surface area contributed by atoms with Crippen molar-refractivity contribution in [1.82, 2.24) is 20.1 Å². The highest BCUT2D eigenvalue weighted by atomic mass is 16.5. The maximum atomic E-state index is 11.4. The second kappa shape index (κ2) is 8.24. The van der Waals surface area contributed by atoms with E-state index in [0.29, 0.717) is 12.5 Å². The first kappa shape index (κ1) is 17.7. The van der Waals surface area contributed by atoms with E-state index < -0.39 is 0 Å². The van der Waals surface area contributed by atoms with Crippen LogP contribution < -0.4 is 5.32 Å². The van der Waals surface area contributed by atoms with Crippen molar-refractivity contribution in [3.63, 3.8) is 0 Å². The van der Waals surface area contributed by atoms with Gasteiger partial charge in [0.2, 0.25) is 5.95 Å². The zero-order chi connectivity index (χ0) is 17.5. The number of hydrogen-bond donors (Lipinski definition) is 1. The van der Waals surface area contributed by atoms with Gasteiger partial charge in [0.1, 0.15) is 0 Å². The average molecular weight is 329 g/mol. The Kier molecular flexibility index (Phi) is 6.06. The van der Waals surface area contributed by atoms with Gasteiger partial charge in [0.15, 0.2) is 0 Å². The molecule has 1 heterocycles. The Morgan fingerprint density at radius 2 is 1.79 bits per heavy atom. The van der Waals surface area contributed by atoms with E-state index in [9.17, 15) is 4.79 Å². The summed E-state index contributed by atoms with van der Waals surface area (Å²) >= 11 is 0. The number of benzene rings is 1. The Labute approximate surface area is 142 Å². The van der Waals surface area contributed by atoms with E-state index in [4.69, 9.17) is 0 Å². The number of hydrogen-bond acceptors (Lipinski definition) is 6. The van der Waals surface area contributed by atoms with Gasteiger partial charge in [-0.25, -0.2) is 9.78 Å². The lowest BCUT2D eigenvalue weighted by molar-refractivity contribution is 0.131. The molecule has 0 bridgehead atoms. The molecular formula is C17H23N5O2. The van der Waals surface area contributed by atoms with Crippen LogP contribution in [0.3, 0.4) is 0 Å². The van der Waals surface area contributed by atoms with Crippen molar-refractivity contribution in [3.05, 3.63) is 41.2 Å². The summed E-state index contributed by atoms with van der Waals surface area (Å²) < 4.78 is 4.68. The van der Waals surface area contributed by atoms with E-state index >= 15 is 0 Å². The van der Waals surface area contributed by atoms with Crippen LogP contribution in [-0.2, 0) is 24.1 Å². The van der Waals surface area contributed by atoms with E-state index in [1.54, 1.807) is 7.05 Å². The number of methoxy groups -OCH3 is 1. The highest BCUT2D eigenvalue weighted by Crippen LogP contribution is 2.16. The maximum absolute atomic E-state index is 11.4. The molecule has 0 unspecified atom stereocenters. The van der Waals surface area contributed by atoms with Gasteiger partial charge in [-0.3, -0.25) is 0 Å². The van der Waals surface area contributed by atoms with Gasteiger partial charge < -0.3 is 15.0 Å². The van der Waals surface area contributed by atoms with E-state index in [1.165, 1.54) is 12.0 Å². The lowest BCUT2D eigenvalue weighted by Gasteiger charge is -2.15. The van der Waals surface area contributed by atoms with Crippen LogP contribution in [-0.4, -0.2) is 40.3 Å². The van der Waals surface area contributed by atoms with Gasteiger partial charge in [0, 0.05) is 19.3 Å². The standard InChI is InChI=1S/C17H23N5O2/c1-5-14-15(6-2)20-21-16(19-14)18-13-9-7-12(8-10-13)11-22(3)17(23)24-4/h7-10H,5-6,11H2,1-4H3,(H,18,19,21). The molecule has 1 aromatic carbocycles. The van der Waals surface area contributed by atoms with Crippen molar-refractivity contribution in [3.8, 4) is 0 Å². The summed E-state index contributed by atoms with van der Waals surface area (Å²) in [4.78, 5) is 17.4. The van der Waals surface area contributed by atoms with Crippen molar-refractivity contribution < 1.29 is 9.53 Å². The van der Waals surface area contributed by atoms with Gasteiger partial charge >= 0.3 is 6.09 Å². The van der Waals surface area contributed by atoms with Crippen LogP contribution in [0.1, 0.15) is 30.8 Å². The van der Waals surface area contributed by atoms with E-state index in [-0.39, 0.29) is 6.09 Å². The molecular weight excluding hydrogens is 306 g/mol. The summed E-state index contributed by atoms with van der Waals surface area (Å²) in [6.45, 7) is 4.58. The van der Waals surface area contributed by atoms with Gasteiger partial charge in [-0.15, -0.1) is 10.2 Å². The van der Waals surface area contributed by atoms with E-state index in [1.807, 2.05) is 31.2 Å². The molecule has 7 nitrogen and oxygen atoms in total. The highest BCUT2D eigenvalue weighted by molar-refractivity contribution is 5.67. The summed E-state index contributed by atoms with van der Waals surface area (Å²) in [5.41, 5.74) is 3.77. The van der Waals surface area contributed by atoms with Gasteiger partial charge in [-0.1, -0.05) is 26.0 Å². The average Bonchev–Trinajstić information content (AvgIpc) is 2.62. The summed E-state index contributed by atoms with van der Waals surface area (Å²) in [6, 6.07) is 7.72. The third-order valence-corrected chi connectivity index (χ3v) is 3.63. The van der Waals surface area contributed by atoms with Crippen molar-refractivity contribution >= 4 is 17.7 Å². The number of amides is 1. The Morgan fingerprint density at radius 3 is 2.38 bits per heavy atom. The smallest absolute Gasteiger partial charge is 0.409 e. The molecule has 0 spiro atoms. The van der Waals surface area contributed by atoms with Crippen LogP contribution >= 0.6 is 0 Å². The molecule has 0 saturated heterocycles. The summed E-state index contributed by atoms with van der Waals surface area (Å²) in [5, 5.41) is 11.5. The molecule has 2 aromatic rings. The Morgan fingerprint density at radius 1 is 1.12 bits per heavy atom. The SMILES string of the molecule is CCc1nnc(Nc2ccc(CN(C)C(=O)OC)cc2)nc1CC. The van der Waals surface area contributed by atoms with E-state index in [0.717, 1.165) is 35.5 Å². The van der Waals surface area contributed by atoms with Gasteiger partial charge in [0.05, 0.1) is 18.5 Å². The number of rotatable bonds is 6. The van der Waals surface area contributed by atoms with Crippen molar-refractivity contribution in [2.24, 2.45) is 0 Å². The van der Waals surface area contributed by atoms with Crippen LogP contribution in [0.2, 0.25) is 0 Å². The summed E-state index contributed by atoms with van der Waals surface area (Å²) in [5.74, 6) is 0.489. The first-order valence-corrected chi connectivity index (χ1v) is 7.94. The van der Waals surface area contributed by atoms with Crippen LogP contribution in [0.5, 0.6) is 0 Å². The molecule has 0 atom stereocenters. The predicted molar refractivity (Wildman–Crippen MR) is 92.2 cm³/mol. The lowest BCUT2D eigenvalue weighted by Crippen LogP contribution is -2.25. The Bertz CT molecular complexity index is 688. The first-order valence-electron chi connectivity index (χ1n) is 7.94. The fraction of sp³-hybridized carbons (Fsp3) is 0.412. The molecule has 1 N–H and O–H groups in total. The highest BCUT2D eigenvalue weighted by Gasteiger charge is 2.09. The molecule has 0 saturated carbocycles. The minimum absolute atomic E-state index is 0.361. The molecule has 128 valence electrons. The number of nitrogens with zero attached hydrogens (tertiary/aromatic N) is 4. The monoisotopic (exact) mass is 329 g/mol. The Hall–Kier alpha value is -2.70. The second-order valence-corrected chi connectivity index (χ2v) is 5.38. The third-order valence-electron chi connectivity index (χ3n) is 3.63. The molecule has 2 rings (SSSR count). The van der Waals surface area contributed by atoms with Crippen molar-refractivity contribution in [2.75, 3.05) is 19.5 Å². The lowest BCUT2D eigenvalue weighted by atomic mass is 10.2.